The molecule has 0 amide bonds. The predicted molar refractivity (Wildman–Crippen MR) is 317 cm³/mol. The molecule has 3 aliphatic carbocycles. The number of hydrogen-bond acceptors (Lipinski definition) is 1. The SMILES string of the molecule is CC1(C)c2ccccc2-c2ccc(N(c3ccc(-c4ccc(-c5ccc(-n6c7ccc(C8CCCC8)cc7c7cc(C8CCCC8)ccc76)cc5)cc4)cc3)c3cc(-c4ccccc4)ccc3-c3ccccc3)cc21. The second-order valence-electron chi connectivity index (χ2n) is 22.2. The van der Waals surface area contributed by atoms with Crippen LogP contribution in [0.1, 0.15) is 99.3 Å². The van der Waals surface area contributed by atoms with Crippen LogP contribution in [-0.2, 0) is 5.41 Å². The third-order valence-electron chi connectivity index (χ3n) is 17.5. The zero-order chi connectivity index (χ0) is 50.0. The Kier molecular flexibility index (Phi) is 11.3. The lowest BCUT2D eigenvalue weighted by molar-refractivity contribution is 0.660. The standard InChI is InChI=1S/C73H62N2/c1-73(2)68-24-14-13-23-64(68)65-42-40-62(48-69(65)73)74(72-47-59(51-15-5-3-6-16-51)33-41-63(72)56-21-7-4-8-22-56)60-36-29-54(30-37-60)52-25-27-53(28-26-52)55-31-38-61(39-32-55)75-70-43-34-57(49-17-9-10-18-49)45-66(70)67-46-58(35-44-71(67)75)50-19-11-12-20-50/h3-8,13-16,21-50H,9-12,17-20H2,1-2H3. The fourth-order valence-electron chi connectivity index (χ4n) is 13.5. The quantitative estimate of drug-likeness (QED) is 0.133. The highest BCUT2D eigenvalue weighted by molar-refractivity contribution is 6.10. The lowest BCUT2D eigenvalue weighted by Crippen LogP contribution is -2.17. The number of nitrogens with zero attached hydrogens (tertiary/aromatic N) is 2. The third-order valence-corrected chi connectivity index (χ3v) is 17.5. The first-order valence-electron chi connectivity index (χ1n) is 27.6. The minimum atomic E-state index is -0.135. The maximum Gasteiger partial charge on any atom is 0.0546 e. The van der Waals surface area contributed by atoms with Crippen LogP contribution >= 0.6 is 0 Å². The lowest BCUT2D eigenvalue weighted by atomic mass is 9.82. The van der Waals surface area contributed by atoms with Gasteiger partial charge in [0.1, 0.15) is 0 Å². The summed E-state index contributed by atoms with van der Waals surface area (Å²) in [6, 6.07) is 86.9. The molecule has 14 rings (SSSR count). The van der Waals surface area contributed by atoms with Crippen LogP contribution < -0.4 is 4.90 Å². The molecule has 1 heterocycles. The molecule has 1 aromatic heterocycles. The Labute approximate surface area is 442 Å². The Morgan fingerprint density at radius 1 is 0.360 bits per heavy atom. The Balaban J connectivity index is 0.802. The summed E-state index contributed by atoms with van der Waals surface area (Å²) in [5, 5.41) is 2.81. The number of rotatable bonds is 10. The second-order valence-corrected chi connectivity index (χ2v) is 22.2. The Hall–Kier alpha value is -8.20. The van der Waals surface area contributed by atoms with Crippen molar-refractivity contribution in [2.45, 2.75) is 82.5 Å². The van der Waals surface area contributed by atoms with Gasteiger partial charge < -0.3 is 9.47 Å². The summed E-state index contributed by atoms with van der Waals surface area (Å²) in [4.78, 5) is 2.48. The molecule has 0 N–H and O–H groups in total. The van der Waals surface area contributed by atoms with Gasteiger partial charge in [-0.2, -0.15) is 0 Å². The van der Waals surface area contributed by atoms with Crippen LogP contribution in [-0.4, -0.2) is 4.57 Å². The number of hydrogen-bond donors (Lipinski definition) is 0. The van der Waals surface area contributed by atoms with Crippen molar-refractivity contribution in [3.8, 4) is 61.3 Å². The fourth-order valence-corrected chi connectivity index (χ4v) is 13.5. The van der Waals surface area contributed by atoms with E-state index < -0.39 is 0 Å². The molecular weight excluding hydrogens is 905 g/mol. The summed E-state index contributed by atoms with van der Waals surface area (Å²) >= 11 is 0. The fraction of sp³-hybridized carbons (Fsp3) is 0.178. The van der Waals surface area contributed by atoms with Crippen molar-refractivity contribution in [2.75, 3.05) is 4.90 Å². The molecule has 0 atom stereocenters. The van der Waals surface area contributed by atoms with E-state index in [1.54, 1.807) is 0 Å². The van der Waals surface area contributed by atoms with Gasteiger partial charge in [-0.3, -0.25) is 0 Å². The molecule has 2 nitrogen and oxygen atoms in total. The van der Waals surface area contributed by atoms with E-state index in [1.165, 1.54) is 157 Å². The van der Waals surface area contributed by atoms with Gasteiger partial charge in [0.05, 0.1) is 16.7 Å². The van der Waals surface area contributed by atoms with Crippen molar-refractivity contribution in [2.24, 2.45) is 0 Å². The molecule has 0 bridgehead atoms. The molecule has 11 aromatic rings. The minimum Gasteiger partial charge on any atom is -0.310 e. The largest absolute Gasteiger partial charge is 0.310 e. The predicted octanol–water partition coefficient (Wildman–Crippen LogP) is 20.5. The monoisotopic (exact) mass is 966 g/mol. The first-order valence-corrected chi connectivity index (χ1v) is 27.6. The molecular formula is C73H62N2. The number of anilines is 3. The lowest BCUT2D eigenvalue weighted by Gasteiger charge is -2.30. The van der Waals surface area contributed by atoms with Gasteiger partial charge in [-0.25, -0.2) is 0 Å². The molecule has 0 saturated heterocycles. The van der Waals surface area contributed by atoms with Crippen LogP contribution in [0.2, 0.25) is 0 Å². The smallest absolute Gasteiger partial charge is 0.0546 e. The Morgan fingerprint density at radius 3 is 1.40 bits per heavy atom. The molecule has 0 spiro atoms. The van der Waals surface area contributed by atoms with Crippen molar-refractivity contribution in [1.82, 2.24) is 4.57 Å². The van der Waals surface area contributed by atoms with E-state index in [-0.39, 0.29) is 5.41 Å². The molecule has 3 aliphatic rings. The zero-order valence-electron chi connectivity index (χ0n) is 43.1. The summed E-state index contributed by atoms with van der Waals surface area (Å²) in [6.07, 6.45) is 10.7. The average Bonchev–Trinajstić information content (AvgIpc) is 4.31. The first-order chi connectivity index (χ1) is 36.9. The third kappa shape index (κ3) is 8.02. The topological polar surface area (TPSA) is 8.17 Å². The van der Waals surface area contributed by atoms with E-state index in [9.17, 15) is 0 Å². The van der Waals surface area contributed by atoms with E-state index >= 15 is 0 Å². The minimum absolute atomic E-state index is 0.135. The van der Waals surface area contributed by atoms with Crippen LogP contribution in [0.4, 0.5) is 17.1 Å². The van der Waals surface area contributed by atoms with Gasteiger partial charge in [0, 0.05) is 38.8 Å². The van der Waals surface area contributed by atoms with E-state index in [4.69, 9.17) is 0 Å². The van der Waals surface area contributed by atoms with Gasteiger partial charge in [0.2, 0.25) is 0 Å². The van der Waals surface area contributed by atoms with E-state index in [1.807, 2.05) is 0 Å². The maximum atomic E-state index is 2.54. The molecule has 0 aliphatic heterocycles. The van der Waals surface area contributed by atoms with Crippen LogP contribution in [0.3, 0.4) is 0 Å². The van der Waals surface area contributed by atoms with Gasteiger partial charge in [-0.05, 0) is 177 Å². The van der Waals surface area contributed by atoms with E-state index in [2.05, 4.69) is 254 Å². The van der Waals surface area contributed by atoms with Gasteiger partial charge in [0.15, 0.2) is 0 Å². The molecule has 2 saturated carbocycles. The summed E-state index contributed by atoms with van der Waals surface area (Å²) in [5.74, 6) is 1.38. The van der Waals surface area contributed by atoms with E-state index in [0.717, 1.165) is 17.1 Å². The zero-order valence-corrected chi connectivity index (χ0v) is 43.1. The molecule has 10 aromatic carbocycles. The summed E-state index contributed by atoms with van der Waals surface area (Å²) in [5.41, 5.74) is 25.1. The number of fused-ring (bicyclic) bond motifs is 6. The van der Waals surface area contributed by atoms with Crippen molar-refractivity contribution in [3.05, 3.63) is 253 Å². The summed E-state index contributed by atoms with van der Waals surface area (Å²) < 4.78 is 2.51. The normalized spacial score (nSPS) is 15.2. The van der Waals surface area contributed by atoms with Crippen molar-refractivity contribution in [1.29, 1.82) is 0 Å². The summed E-state index contributed by atoms with van der Waals surface area (Å²) in [7, 11) is 0. The Bertz CT molecular complexity index is 3810. The van der Waals surface area contributed by atoms with Crippen molar-refractivity contribution >= 4 is 38.9 Å². The average molecular weight is 967 g/mol. The molecule has 2 heteroatoms. The summed E-state index contributed by atoms with van der Waals surface area (Å²) in [6.45, 7) is 4.74. The Morgan fingerprint density at radius 2 is 0.813 bits per heavy atom. The van der Waals surface area contributed by atoms with Crippen molar-refractivity contribution < 1.29 is 0 Å². The molecule has 364 valence electrons. The molecule has 0 radical (unpaired) electrons. The highest BCUT2D eigenvalue weighted by Gasteiger charge is 2.36. The van der Waals surface area contributed by atoms with Crippen molar-refractivity contribution in [3.63, 3.8) is 0 Å². The van der Waals surface area contributed by atoms with E-state index in [0.29, 0.717) is 11.8 Å². The van der Waals surface area contributed by atoms with Crippen LogP contribution in [0.15, 0.2) is 231 Å². The maximum absolute atomic E-state index is 2.54. The highest BCUT2D eigenvalue weighted by atomic mass is 15.1. The molecule has 2 fully saturated rings. The highest BCUT2D eigenvalue weighted by Crippen LogP contribution is 2.52. The van der Waals surface area contributed by atoms with Crippen LogP contribution in [0.25, 0.3) is 83.1 Å². The van der Waals surface area contributed by atoms with Gasteiger partial charge >= 0.3 is 0 Å². The van der Waals surface area contributed by atoms with Crippen LogP contribution in [0.5, 0.6) is 0 Å². The first kappa shape index (κ1) is 45.4. The second kappa shape index (κ2) is 18.6. The molecule has 0 unspecified atom stereocenters. The number of aromatic nitrogens is 1. The van der Waals surface area contributed by atoms with Crippen LogP contribution in [0, 0.1) is 0 Å². The van der Waals surface area contributed by atoms with Gasteiger partial charge in [-0.1, -0.05) is 203 Å². The number of benzene rings is 10. The van der Waals surface area contributed by atoms with Gasteiger partial charge in [-0.15, -0.1) is 0 Å². The molecule has 75 heavy (non-hydrogen) atoms. The van der Waals surface area contributed by atoms with Gasteiger partial charge in [0.25, 0.3) is 0 Å².